The second-order valence-electron chi connectivity index (χ2n) is 9.02. The van der Waals surface area contributed by atoms with Crippen LogP contribution < -0.4 is 20.9 Å². The number of carbonyl (C=O) groups is 2. The van der Waals surface area contributed by atoms with E-state index >= 15 is 0 Å². The highest BCUT2D eigenvalue weighted by Crippen LogP contribution is 2.28. The first kappa shape index (κ1) is 20.6. The SMILES string of the molecule is O=C1C/C(=C\c2cnn3c(NC4CC4)nc(NCc4ccccc4N4CCCC4)nc23)C(=O)N1. The van der Waals surface area contributed by atoms with Gasteiger partial charge in [-0.15, -0.1) is 0 Å². The average molecular weight is 459 g/mol. The van der Waals surface area contributed by atoms with Crippen LogP contribution in [0, 0.1) is 0 Å². The number of para-hydroxylation sites is 1. The van der Waals surface area contributed by atoms with Crippen molar-refractivity contribution in [2.75, 3.05) is 28.6 Å². The summed E-state index contributed by atoms with van der Waals surface area (Å²) in [7, 11) is 0. The van der Waals surface area contributed by atoms with Crippen molar-refractivity contribution < 1.29 is 9.59 Å². The number of nitrogens with zero attached hydrogens (tertiary/aromatic N) is 5. The topological polar surface area (TPSA) is 117 Å². The van der Waals surface area contributed by atoms with Crippen LogP contribution in [0.25, 0.3) is 11.7 Å². The molecule has 2 aromatic heterocycles. The number of imide groups is 1. The zero-order valence-corrected chi connectivity index (χ0v) is 18.8. The molecule has 3 aromatic rings. The van der Waals surface area contributed by atoms with Crippen molar-refractivity contribution in [3.05, 3.63) is 47.2 Å². The number of rotatable bonds is 7. The van der Waals surface area contributed by atoms with Gasteiger partial charge >= 0.3 is 0 Å². The molecule has 10 nitrogen and oxygen atoms in total. The minimum atomic E-state index is -0.369. The lowest BCUT2D eigenvalue weighted by Gasteiger charge is -2.21. The first-order valence-electron chi connectivity index (χ1n) is 11.8. The predicted octanol–water partition coefficient (Wildman–Crippen LogP) is 2.34. The van der Waals surface area contributed by atoms with E-state index in [0.717, 1.165) is 25.9 Å². The molecule has 2 amide bonds. The zero-order chi connectivity index (χ0) is 23.1. The molecule has 10 heteroatoms. The van der Waals surface area contributed by atoms with E-state index in [0.29, 0.717) is 41.3 Å². The van der Waals surface area contributed by atoms with Crippen molar-refractivity contribution >= 4 is 41.1 Å². The van der Waals surface area contributed by atoms with Gasteiger partial charge in [0.2, 0.25) is 17.8 Å². The van der Waals surface area contributed by atoms with E-state index in [1.807, 2.05) is 0 Å². The fraction of sp³-hybridized carbons (Fsp3) is 0.375. The van der Waals surface area contributed by atoms with Gasteiger partial charge in [0.05, 0.1) is 12.6 Å². The summed E-state index contributed by atoms with van der Waals surface area (Å²) in [6.07, 6.45) is 8.03. The van der Waals surface area contributed by atoms with Gasteiger partial charge in [0.1, 0.15) is 0 Å². The van der Waals surface area contributed by atoms with E-state index in [2.05, 4.69) is 50.2 Å². The van der Waals surface area contributed by atoms with E-state index in [1.54, 1.807) is 16.8 Å². The molecule has 3 N–H and O–H groups in total. The highest BCUT2D eigenvalue weighted by molar-refractivity contribution is 6.15. The molecule has 34 heavy (non-hydrogen) atoms. The number of fused-ring (bicyclic) bond motifs is 1. The lowest BCUT2D eigenvalue weighted by molar-refractivity contribution is -0.124. The maximum Gasteiger partial charge on any atom is 0.254 e. The average Bonchev–Trinajstić information content (AvgIpc) is 3.20. The van der Waals surface area contributed by atoms with Crippen LogP contribution in [0.2, 0.25) is 0 Å². The molecular weight excluding hydrogens is 432 g/mol. The summed E-state index contributed by atoms with van der Waals surface area (Å²) in [5, 5.41) is 13.6. The Balaban J connectivity index is 1.32. The second-order valence-corrected chi connectivity index (χ2v) is 9.02. The number of aromatic nitrogens is 4. The molecule has 0 spiro atoms. The molecule has 3 fully saturated rings. The number of hydrogen-bond donors (Lipinski definition) is 3. The first-order chi connectivity index (χ1) is 16.6. The largest absolute Gasteiger partial charge is 0.371 e. The molecule has 1 aliphatic carbocycles. The number of hydrogen-bond acceptors (Lipinski definition) is 8. The number of benzene rings is 1. The van der Waals surface area contributed by atoms with Crippen LogP contribution >= 0.6 is 0 Å². The quantitative estimate of drug-likeness (QED) is 0.365. The minimum absolute atomic E-state index is 0.0623. The van der Waals surface area contributed by atoms with Crippen LogP contribution in [0.5, 0.6) is 0 Å². The molecule has 1 saturated carbocycles. The van der Waals surface area contributed by atoms with Gasteiger partial charge in [-0.1, -0.05) is 18.2 Å². The summed E-state index contributed by atoms with van der Waals surface area (Å²) in [6, 6.07) is 8.81. The summed E-state index contributed by atoms with van der Waals surface area (Å²) in [4.78, 5) is 35.5. The normalized spacial score (nSPS) is 19.3. The molecule has 0 atom stereocenters. The predicted molar refractivity (Wildman–Crippen MR) is 128 cm³/mol. The molecule has 4 heterocycles. The molecule has 1 aromatic carbocycles. The number of carbonyl (C=O) groups excluding carboxylic acids is 2. The van der Waals surface area contributed by atoms with Crippen LogP contribution in [0.15, 0.2) is 36.0 Å². The molecular formula is C24H26N8O2. The standard InChI is InChI=1S/C24H26N8O2/c33-20-12-16(22(34)28-20)11-17-14-26-32-21(17)29-23(30-24(32)27-18-7-8-18)25-13-15-5-1-2-6-19(15)31-9-3-4-10-31/h1-2,5-6,11,14,18H,3-4,7-10,12-13H2,(H,28,33,34)(H2,25,27,29,30)/b16-11+. The second kappa shape index (κ2) is 8.44. The van der Waals surface area contributed by atoms with Gasteiger partial charge in [0, 0.05) is 42.5 Å². The van der Waals surface area contributed by atoms with E-state index in [4.69, 9.17) is 9.97 Å². The Morgan fingerprint density at radius 3 is 2.71 bits per heavy atom. The molecule has 2 saturated heterocycles. The summed E-state index contributed by atoms with van der Waals surface area (Å²) < 4.78 is 1.66. The fourth-order valence-electron chi connectivity index (χ4n) is 4.49. The third-order valence-corrected chi connectivity index (χ3v) is 6.41. The number of anilines is 3. The van der Waals surface area contributed by atoms with E-state index in [9.17, 15) is 9.59 Å². The number of amides is 2. The van der Waals surface area contributed by atoms with Gasteiger partial charge in [0.15, 0.2) is 5.65 Å². The van der Waals surface area contributed by atoms with Crippen molar-refractivity contribution in [1.82, 2.24) is 24.9 Å². The van der Waals surface area contributed by atoms with Crippen molar-refractivity contribution in [2.45, 2.75) is 44.7 Å². The van der Waals surface area contributed by atoms with Gasteiger partial charge in [-0.2, -0.15) is 19.6 Å². The van der Waals surface area contributed by atoms with Gasteiger partial charge in [0.25, 0.3) is 5.91 Å². The Morgan fingerprint density at radius 2 is 1.94 bits per heavy atom. The van der Waals surface area contributed by atoms with Crippen molar-refractivity contribution in [3.8, 4) is 0 Å². The van der Waals surface area contributed by atoms with Gasteiger partial charge in [-0.25, -0.2) is 0 Å². The highest BCUT2D eigenvalue weighted by atomic mass is 16.2. The first-order valence-corrected chi connectivity index (χ1v) is 11.8. The Labute approximate surface area is 196 Å². The Kier molecular flexibility index (Phi) is 5.12. The van der Waals surface area contributed by atoms with Gasteiger partial charge < -0.3 is 15.5 Å². The van der Waals surface area contributed by atoms with Crippen molar-refractivity contribution in [1.29, 1.82) is 0 Å². The van der Waals surface area contributed by atoms with Crippen LogP contribution in [-0.2, 0) is 16.1 Å². The molecule has 3 aliphatic rings. The van der Waals surface area contributed by atoms with E-state index < -0.39 is 0 Å². The maximum atomic E-state index is 12.0. The molecule has 6 rings (SSSR count). The van der Waals surface area contributed by atoms with Gasteiger partial charge in [-0.3, -0.25) is 14.9 Å². The van der Waals surface area contributed by atoms with E-state index in [-0.39, 0.29) is 18.2 Å². The lowest BCUT2D eigenvalue weighted by Crippen LogP contribution is -2.20. The van der Waals surface area contributed by atoms with Gasteiger partial charge in [-0.05, 0) is 43.4 Å². The summed E-state index contributed by atoms with van der Waals surface area (Å²) in [5.74, 6) is 0.433. The van der Waals surface area contributed by atoms with Crippen molar-refractivity contribution in [2.24, 2.45) is 0 Å². The summed E-state index contributed by atoms with van der Waals surface area (Å²) in [6.45, 7) is 2.75. The van der Waals surface area contributed by atoms with Crippen LogP contribution in [0.4, 0.5) is 17.6 Å². The van der Waals surface area contributed by atoms with Crippen LogP contribution in [0.3, 0.4) is 0 Å². The third-order valence-electron chi connectivity index (χ3n) is 6.41. The fourth-order valence-corrected chi connectivity index (χ4v) is 4.49. The number of nitrogens with one attached hydrogen (secondary N) is 3. The Bertz CT molecular complexity index is 1300. The molecule has 0 bridgehead atoms. The van der Waals surface area contributed by atoms with Crippen LogP contribution in [0.1, 0.15) is 43.2 Å². The Hall–Kier alpha value is -3.95. The molecule has 0 radical (unpaired) electrons. The van der Waals surface area contributed by atoms with Crippen molar-refractivity contribution in [3.63, 3.8) is 0 Å². The monoisotopic (exact) mass is 458 g/mol. The van der Waals surface area contributed by atoms with Crippen LogP contribution in [-0.4, -0.2) is 50.5 Å². The minimum Gasteiger partial charge on any atom is -0.371 e. The molecule has 174 valence electrons. The lowest BCUT2D eigenvalue weighted by atomic mass is 10.1. The Morgan fingerprint density at radius 1 is 1.12 bits per heavy atom. The summed E-state index contributed by atoms with van der Waals surface area (Å²) >= 11 is 0. The maximum absolute atomic E-state index is 12.0. The molecule has 2 aliphatic heterocycles. The highest BCUT2D eigenvalue weighted by Gasteiger charge is 2.26. The third kappa shape index (κ3) is 4.07. The van der Waals surface area contributed by atoms with E-state index in [1.165, 1.54) is 24.1 Å². The smallest absolute Gasteiger partial charge is 0.254 e. The zero-order valence-electron chi connectivity index (χ0n) is 18.8. The molecule has 0 unspecified atom stereocenters. The summed E-state index contributed by atoms with van der Waals surface area (Å²) in [5.41, 5.74) is 4.09.